The van der Waals surface area contributed by atoms with Crippen LogP contribution in [0.1, 0.15) is 43.6 Å². The number of likely N-dealkylation sites (tertiary alicyclic amines) is 2. The van der Waals surface area contributed by atoms with Crippen LogP contribution in [0.4, 0.5) is 0 Å². The summed E-state index contributed by atoms with van der Waals surface area (Å²) >= 11 is 0. The summed E-state index contributed by atoms with van der Waals surface area (Å²) in [5.74, 6) is 1.52. The number of carbonyl (C=O) groups excluding carboxylic acids is 2. The van der Waals surface area contributed by atoms with E-state index in [1.165, 1.54) is 31.5 Å². The van der Waals surface area contributed by atoms with Crippen LogP contribution >= 0.6 is 0 Å². The largest absolute Gasteiger partial charge is 0.342 e. The molecule has 144 valence electrons. The molecule has 2 amide bonds. The first-order valence-electron chi connectivity index (χ1n) is 10.6. The standard InChI is InChI=1S/C22H29N3O2/c26-19-7-4-11-23(19)14-10-20(27)25-15-18(16-5-2-1-3-6-16)22-21(25)17-8-12-24(22)13-9-17/h1-3,5-6,17-18,21-22H,4,7-15H2/t18-,21-,22-/m1/s1. The highest BCUT2D eigenvalue weighted by molar-refractivity contribution is 5.80. The van der Waals surface area contributed by atoms with E-state index >= 15 is 0 Å². The van der Waals surface area contributed by atoms with E-state index in [2.05, 4.69) is 40.1 Å². The third-order valence-electron chi connectivity index (χ3n) is 7.31. The summed E-state index contributed by atoms with van der Waals surface area (Å²) in [4.78, 5) is 31.8. The highest BCUT2D eigenvalue weighted by Gasteiger charge is 2.54. The van der Waals surface area contributed by atoms with Gasteiger partial charge in [0.25, 0.3) is 0 Å². The fraction of sp³-hybridized carbons (Fsp3) is 0.636. The molecular weight excluding hydrogens is 338 g/mol. The molecule has 0 saturated carbocycles. The van der Waals surface area contributed by atoms with Crippen molar-refractivity contribution in [3.8, 4) is 0 Å². The van der Waals surface area contributed by atoms with E-state index in [9.17, 15) is 9.59 Å². The molecule has 27 heavy (non-hydrogen) atoms. The first-order valence-corrected chi connectivity index (χ1v) is 10.6. The van der Waals surface area contributed by atoms with Gasteiger partial charge in [0, 0.05) is 44.4 Å². The average Bonchev–Trinajstić information content (AvgIpc) is 3.33. The van der Waals surface area contributed by atoms with Crippen molar-refractivity contribution < 1.29 is 9.59 Å². The van der Waals surface area contributed by atoms with Gasteiger partial charge < -0.3 is 9.80 Å². The molecule has 3 atom stereocenters. The average molecular weight is 367 g/mol. The highest BCUT2D eigenvalue weighted by atomic mass is 16.2. The molecule has 2 bridgehead atoms. The minimum Gasteiger partial charge on any atom is -0.342 e. The van der Waals surface area contributed by atoms with E-state index in [1.54, 1.807) is 0 Å². The lowest BCUT2D eigenvalue weighted by Gasteiger charge is -2.51. The lowest BCUT2D eigenvalue weighted by atomic mass is 9.75. The molecule has 1 aromatic carbocycles. The number of hydrogen-bond acceptors (Lipinski definition) is 3. The van der Waals surface area contributed by atoms with Crippen molar-refractivity contribution in [1.82, 2.24) is 14.7 Å². The summed E-state index contributed by atoms with van der Waals surface area (Å²) in [5, 5.41) is 0. The zero-order chi connectivity index (χ0) is 18.4. The van der Waals surface area contributed by atoms with Crippen molar-refractivity contribution in [2.75, 3.05) is 32.7 Å². The van der Waals surface area contributed by atoms with Crippen LogP contribution in [0.2, 0.25) is 0 Å². The molecule has 5 fully saturated rings. The second-order valence-corrected chi connectivity index (χ2v) is 8.65. The lowest BCUT2D eigenvalue weighted by molar-refractivity contribution is -0.137. The summed E-state index contributed by atoms with van der Waals surface area (Å²) < 4.78 is 0. The first kappa shape index (κ1) is 17.2. The zero-order valence-electron chi connectivity index (χ0n) is 15.9. The quantitative estimate of drug-likeness (QED) is 0.819. The van der Waals surface area contributed by atoms with Gasteiger partial charge in [-0.1, -0.05) is 30.3 Å². The summed E-state index contributed by atoms with van der Waals surface area (Å²) in [5.41, 5.74) is 1.37. The van der Waals surface area contributed by atoms with Crippen molar-refractivity contribution in [3.05, 3.63) is 35.9 Å². The summed E-state index contributed by atoms with van der Waals surface area (Å²) in [6.07, 6.45) is 4.50. The third-order valence-corrected chi connectivity index (χ3v) is 7.31. The maximum absolute atomic E-state index is 13.2. The normalized spacial score (nSPS) is 35.0. The highest BCUT2D eigenvalue weighted by Crippen LogP contribution is 2.46. The molecule has 0 N–H and O–H groups in total. The molecule has 5 heterocycles. The SMILES string of the molecule is O=C1CCCN1CCC(=O)N1C[C@H](c2ccccc2)[C@@H]2[C@H]1C1CCN2CC1. The molecule has 0 spiro atoms. The molecule has 5 nitrogen and oxygen atoms in total. The number of hydrogen-bond donors (Lipinski definition) is 0. The van der Waals surface area contributed by atoms with Gasteiger partial charge in [-0.2, -0.15) is 0 Å². The van der Waals surface area contributed by atoms with Gasteiger partial charge in [-0.25, -0.2) is 0 Å². The monoisotopic (exact) mass is 367 g/mol. The number of fused-ring (bicyclic) bond motifs is 2. The van der Waals surface area contributed by atoms with Crippen LogP contribution < -0.4 is 0 Å². The lowest BCUT2D eigenvalue weighted by Crippen LogP contribution is -2.60. The number of carbonyl (C=O) groups is 2. The maximum Gasteiger partial charge on any atom is 0.224 e. The zero-order valence-corrected chi connectivity index (χ0v) is 15.9. The number of benzene rings is 1. The molecule has 5 aliphatic heterocycles. The molecular formula is C22H29N3O2. The Morgan fingerprint density at radius 1 is 1.04 bits per heavy atom. The number of piperidine rings is 3. The Kier molecular flexibility index (Phi) is 4.43. The smallest absolute Gasteiger partial charge is 0.224 e. The van der Waals surface area contributed by atoms with Crippen LogP contribution in [-0.4, -0.2) is 71.3 Å². The number of amides is 2. The van der Waals surface area contributed by atoms with E-state index in [4.69, 9.17) is 0 Å². The van der Waals surface area contributed by atoms with Crippen molar-refractivity contribution in [3.63, 3.8) is 0 Å². The van der Waals surface area contributed by atoms with Gasteiger partial charge in [-0.15, -0.1) is 0 Å². The summed E-state index contributed by atoms with van der Waals surface area (Å²) in [7, 11) is 0. The maximum atomic E-state index is 13.2. The van der Waals surface area contributed by atoms with E-state index in [-0.39, 0.29) is 11.8 Å². The topological polar surface area (TPSA) is 43.9 Å². The Morgan fingerprint density at radius 3 is 2.52 bits per heavy atom. The van der Waals surface area contributed by atoms with E-state index < -0.39 is 0 Å². The minimum atomic E-state index is 0.215. The van der Waals surface area contributed by atoms with Gasteiger partial charge in [-0.05, 0) is 43.8 Å². The minimum absolute atomic E-state index is 0.215. The van der Waals surface area contributed by atoms with Gasteiger partial charge in [0.15, 0.2) is 0 Å². The second-order valence-electron chi connectivity index (χ2n) is 8.65. The molecule has 0 aromatic heterocycles. The van der Waals surface area contributed by atoms with Crippen LogP contribution in [0.3, 0.4) is 0 Å². The molecule has 0 radical (unpaired) electrons. The molecule has 5 heteroatoms. The predicted molar refractivity (Wildman–Crippen MR) is 103 cm³/mol. The Balaban J connectivity index is 1.36. The van der Waals surface area contributed by atoms with Crippen LogP contribution in [0.25, 0.3) is 0 Å². The van der Waals surface area contributed by atoms with E-state index in [0.717, 1.165) is 19.5 Å². The van der Waals surface area contributed by atoms with Crippen molar-refractivity contribution >= 4 is 11.8 Å². The second kappa shape index (κ2) is 6.93. The molecule has 0 unspecified atom stereocenters. The molecule has 0 aliphatic carbocycles. The van der Waals surface area contributed by atoms with Crippen molar-refractivity contribution in [2.24, 2.45) is 5.92 Å². The van der Waals surface area contributed by atoms with Gasteiger partial charge >= 0.3 is 0 Å². The van der Waals surface area contributed by atoms with Crippen molar-refractivity contribution in [2.45, 2.75) is 50.1 Å². The van der Waals surface area contributed by atoms with Gasteiger partial charge in [0.1, 0.15) is 0 Å². The van der Waals surface area contributed by atoms with E-state index in [0.29, 0.717) is 43.3 Å². The Morgan fingerprint density at radius 2 is 1.81 bits per heavy atom. The Hall–Kier alpha value is -1.88. The third kappa shape index (κ3) is 2.96. The van der Waals surface area contributed by atoms with Crippen molar-refractivity contribution in [1.29, 1.82) is 0 Å². The molecule has 6 rings (SSSR count). The van der Waals surface area contributed by atoms with Crippen LogP contribution in [0.5, 0.6) is 0 Å². The number of rotatable bonds is 4. The van der Waals surface area contributed by atoms with Crippen LogP contribution in [0.15, 0.2) is 30.3 Å². The molecule has 5 aliphatic rings. The van der Waals surface area contributed by atoms with Gasteiger partial charge in [0.05, 0.1) is 6.04 Å². The van der Waals surface area contributed by atoms with E-state index in [1.807, 2.05) is 4.90 Å². The van der Waals surface area contributed by atoms with Crippen LogP contribution in [0, 0.1) is 5.92 Å². The first-order chi connectivity index (χ1) is 13.2. The summed E-state index contributed by atoms with van der Waals surface area (Å²) in [6.45, 7) is 4.61. The van der Waals surface area contributed by atoms with Gasteiger partial charge in [-0.3, -0.25) is 14.5 Å². The molecule has 5 saturated heterocycles. The number of nitrogens with zero attached hydrogens (tertiary/aromatic N) is 3. The molecule has 1 aromatic rings. The Labute approximate surface area is 161 Å². The fourth-order valence-electron chi connectivity index (χ4n) is 6.01. The Bertz CT molecular complexity index is 714. The predicted octanol–water partition coefficient (Wildman–Crippen LogP) is 2.09. The van der Waals surface area contributed by atoms with Crippen LogP contribution in [-0.2, 0) is 9.59 Å². The summed E-state index contributed by atoms with van der Waals surface area (Å²) in [6, 6.07) is 11.6. The van der Waals surface area contributed by atoms with Gasteiger partial charge in [0.2, 0.25) is 11.8 Å². The fourth-order valence-corrected chi connectivity index (χ4v) is 6.01.